The minimum absolute atomic E-state index is 0.0639. The highest BCUT2D eigenvalue weighted by Gasteiger charge is 2.21. The molecule has 28 heavy (non-hydrogen) atoms. The minimum Gasteiger partial charge on any atom is -0.508 e. The summed E-state index contributed by atoms with van der Waals surface area (Å²) in [6, 6.07) is 20.7. The molecular weight excluding hydrogens is 378 g/mol. The summed E-state index contributed by atoms with van der Waals surface area (Å²) in [5.41, 5.74) is 6.93. The fourth-order valence-corrected chi connectivity index (χ4v) is 2.64. The number of halogens is 1. The van der Waals surface area contributed by atoms with E-state index in [4.69, 9.17) is 11.6 Å². The van der Waals surface area contributed by atoms with Crippen LogP contribution in [-0.2, 0) is 4.79 Å². The first-order chi connectivity index (χ1) is 13.5. The molecule has 0 aliphatic heterocycles. The van der Waals surface area contributed by atoms with Crippen LogP contribution >= 0.6 is 11.6 Å². The van der Waals surface area contributed by atoms with E-state index in [-0.39, 0.29) is 11.7 Å². The first-order valence-corrected chi connectivity index (χ1v) is 8.87. The second kappa shape index (κ2) is 9.03. The number of rotatable bonds is 6. The van der Waals surface area contributed by atoms with Gasteiger partial charge in [-0.15, -0.1) is 0 Å². The lowest BCUT2D eigenvalue weighted by atomic mass is 10.1. The lowest BCUT2D eigenvalue weighted by Crippen LogP contribution is -2.44. The highest BCUT2D eigenvalue weighted by molar-refractivity contribution is 6.30. The average molecular weight is 396 g/mol. The predicted octanol–water partition coefficient (Wildman–Crippen LogP) is 3.66. The van der Waals surface area contributed by atoms with Crippen LogP contribution in [0.2, 0.25) is 5.02 Å². The summed E-state index contributed by atoms with van der Waals surface area (Å²) in [5.74, 6) is -0.714. The van der Waals surface area contributed by atoms with Crippen molar-refractivity contribution >= 4 is 29.1 Å². The minimum atomic E-state index is -0.821. The summed E-state index contributed by atoms with van der Waals surface area (Å²) in [4.78, 5) is 25.1. The zero-order valence-electron chi connectivity index (χ0n) is 14.7. The number of hydrogen-bond donors (Lipinski definition) is 4. The molecule has 0 bridgehead atoms. The molecule has 0 saturated heterocycles. The fourth-order valence-electron chi connectivity index (χ4n) is 2.52. The number of anilines is 1. The van der Waals surface area contributed by atoms with Gasteiger partial charge in [-0.3, -0.25) is 15.0 Å². The van der Waals surface area contributed by atoms with E-state index in [1.807, 2.05) is 6.07 Å². The fraction of sp³-hybridized carbons (Fsp3) is 0.0476. The van der Waals surface area contributed by atoms with Crippen molar-refractivity contribution in [2.45, 2.75) is 6.04 Å². The molecule has 6 nitrogen and oxygen atoms in total. The quantitative estimate of drug-likeness (QED) is 0.479. The Bertz CT molecular complexity index is 945. The molecule has 0 unspecified atom stereocenters. The van der Waals surface area contributed by atoms with E-state index in [0.29, 0.717) is 21.8 Å². The van der Waals surface area contributed by atoms with Crippen LogP contribution in [-0.4, -0.2) is 16.9 Å². The van der Waals surface area contributed by atoms with Gasteiger partial charge in [0.25, 0.3) is 5.91 Å². The normalized spacial score (nSPS) is 11.5. The Morgan fingerprint density at radius 3 is 2.14 bits per heavy atom. The maximum atomic E-state index is 12.8. The van der Waals surface area contributed by atoms with Crippen molar-refractivity contribution in [3.05, 3.63) is 95.0 Å². The number of hydrazine groups is 1. The molecule has 0 radical (unpaired) electrons. The Balaban J connectivity index is 1.73. The summed E-state index contributed by atoms with van der Waals surface area (Å²) in [6.45, 7) is 0. The first-order valence-electron chi connectivity index (χ1n) is 8.49. The Kier molecular flexibility index (Phi) is 6.26. The van der Waals surface area contributed by atoms with Gasteiger partial charge in [0.1, 0.15) is 11.8 Å². The lowest BCUT2D eigenvalue weighted by molar-refractivity contribution is -0.118. The van der Waals surface area contributed by atoms with Crippen LogP contribution in [0.4, 0.5) is 5.69 Å². The largest absolute Gasteiger partial charge is 0.508 e. The molecule has 4 N–H and O–H groups in total. The maximum Gasteiger partial charge on any atom is 0.265 e. The zero-order valence-corrected chi connectivity index (χ0v) is 15.5. The molecule has 3 aromatic carbocycles. The van der Waals surface area contributed by atoms with Crippen LogP contribution in [0.3, 0.4) is 0 Å². The SMILES string of the molecule is O=C(NN[C@H](C(=O)Nc1ccc(Cl)cc1)c1ccccc1)c1ccc(O)cc1. The number of aromatic hydroxyl groups is 1. The van der Waals surface area contributed by atoms with Crippen molar-refractivity contribution in [1.29, 1.82) is 0 Å². The van der Waals surface area contributed by atoms with Crippen LogP contribution in [0, 0.1) is 0 Å². The van der Waals surface area contributed by atoms with Gasteiger partial charge in [-0.05, 0) is 54.1 Å². The van der Waals surface area contributed by atoms with Crippen LogP contribution in [0.25, 0.3) is 0 Å². The van der Waals surface area contributed by atoms with Gasteiger partial charge in [-0.1, -0.05) is 41.9 Å². The summed E-state index contributed by atoms with van der Waals surface area (Å²) >= 11 is 5.87. The number of hydrogen-bond acceptors (Lipinski definition) is 4. The molecule has 2 amide bonds. The van der Waals surface area contributed by atoms with Crippen molar-refractivity contribution in [3.8, 4) is 5.75 Å². The number of phenolic OH excluding ortho intramolecular Hbond substituents is 1. The third-order valence-corrected chi connectivity index (χ3v) is 4.22. The van der Waals surface area contributed by atoms with Crippen molar-refractivity contribution in [1.82, 2.24) is 10.9 Å². The third-order valence-electron chi connectivity index (χ3n) is 3.97. The van der Waals surface area contributed by atoms with Gasteiger partial charge in [0.2, 0.25) is 5.91 Å². The highest BCUT2D eigenvalue weighted by atomic mass is 35.5. The topological polar surface area (TPSA) is 90.5 Å². The van der Waals surface area contributed by atoms with E-state index in [1.165, 1.54) is 24.3 Å². The van der Waals surface area contributed by atoms with Crippen LogP contribution < -0.4 is 16.2 Å². The maximum absolute atomic E-state index is 12.8. The van der Waals surface area contributed by atoms with Gasteiger partial charge >= 0.3 is 0 Å². The predicted molar refractivity (Wildman–Crippen MR) is 108 cm³/mol. The van der Waals surface area contributed by atoms with Crippen molar-refractivity contribution in [3.63, 3.8) is 0 Å². The molecule has 3 aromatic rings. The summed E-state index contributed by atoms with van der Waals surface area (Å²) in [7, 11) is 0. The lowest BCUT2D eigenvalue weighted by Gasteiger charge is -2.19. The molecular formula is C21H18ClN3O3. The van der Waals surface area contributed by atoms with E-state index >= 15 is 0 Å². The second-order valence-electron chi connectivity index (χ2n) is 5.99. The molecule has 7 heteroatoms. The summed E-state index contributed by atoms with van der Waals surface area (Å²) in [6.07, 6.45) is 0. The van der Waals surface area contributed by atoms with Crippen molar-refractivity contribution in [2.75, 3.05) is 5.32 Å². The second-order valence-corrected chi connectivity index (χ2v) is 6.42. The summed E-state index contributed by atoms with van der Waals surface area (Å²) < 4.78 is 0. The highest BCUT2D eigenvalue weighted by Crippen LogP contribution is 2.18. The van der Waals surface area contributed by atoms with Crippen LogP contribution in [0.5, 0.6) is 5.75 Å². The number of nitrogens with one attached hydrogen (secondary N) is 3. The number of amides is 2. The number of carbonyl (C=O) groups excluding carboxylic acids is 2. The molecule has 0 spiro atoms. The van der Waals surface area contributed by atoms with E-state index in [2.05, 4.69) is 16.2 Å². The van der Waals surface area contributed by atoms with Crippen LogP contribution in [0.1, 0.15) is 22.0 Å². The zero-order chi connectivity index (χ0) is 19.9. The number of benzene rings is 3. The smallest absolute Gasteiger partial charge is 0.265 e. The van der Waals surface area contributed by atoms with Gasteiger partial charge < -0.3 is 10.4 Å². The van der Waals surface area contributed by atoms with Gasteiger partial charge in [0, 0.05) is 16.3 Å². The number of carbonyl (C=O) groups is 2. The Morgan fingerprint density at radius 1 is 0.857 bits per heavy atom. The van der Waals surface area contributed by atoms with Gasteiger partial charge in [0.05, 0.1) is 0 Å². The molecule has 0 saturated carbocycles. The Hall–Kier alpha value is -3.35. The van der Waals surface area contributed by atoms with E-state index in [9.17, 15) is 14.7 Å². The molecule has 0 heterocycles. The van der Waals surface area contributed by atoms with Crippen LogP contribution in [0.15, 0.2) is 78.9 Å². The third kappa shape index (κ3) is 5.09. The monoisotopic (exact) mass is 395 g/mol. The van der Waals surface area contributed by atoms with Crippen molar-refractivity contribution < 1.29 is 14.7 Å². The first kappa shape index (κ1) is 19.4. The molecule has 1 atom stereocenters. The van der Waals surface area contributed by atoms with Gasteiger partial charge in [-0.25, -0.2) is 5.43 Å². The Morgan fingerprint density at radius 2 is 1.50 bits per heavy atom. The number of phenols is 1. The van der Waals surface area contributed by atoms with E-state index in [0.717, 1.165) is 0 Å². The average Bonchev–Trinajstić information content (AvgIpc) is 2.71. The summed E-state index contributed by atoms with van der Waals surface area (Å²) in [5, 5.41) is 12.7. The molecule has 142 valence electrons. The van der Waals surface area contributed by atoms with Crippen molar-refractivity contribution in [2.24, 2.45) is 0 Å². The van der Waals surface area contributed by atoms with Gasteiger partial charge in [0.15, 0.2) is 0 Å². The molecule has 0 aliphatic carbocycles. The van der Waals surface area contributed by atoms with E-state index < -0.39 is 11.9 Å². The molecule has 3 rings (SSSR count). The van der Waals surface area contributed by atoms with Gasteiger partial charge in [-0.2, -0.15) is 0 Å². The molecule has 0 aliphatic rings. The van der Waals surface area contributed by atoms with E-state index in [1.54, 1.807) is 48.5 Å². The molecule has 0 fully saturated rings. The Labute approximate surface area is 167 Å². The standard InChI is InChI=1S/C21H18ClN3O3/c22-16-8-10-17(11-9-16)23-21(28)19(14-4-2-1-3-5-14)24-25-20(27)15-6-12-18(26)13-7-15/h1-13,19,24,26H,(H,23,28)(H,25,27)/t19-/m0/s1. The molecule has 0 aromatic heterocycles.